The third-order valence-corrected chi connectivity index (χ3v) is 5.27. The Morgan fingerprint density at radius 3 is 2.69 bits per heavy atom. The summed E-state index contributed by atoms with van der Waals surface area (Å²) in [6.45, 7) is 4.22. The molecular weight excluding hydrogens is 412 g/mol. The van der Waals surface area contributed by atoms with Gasteiger partial charge in [-0.15, -0.1) is 23.1 Å². The summed E-state index contributed by atoms with van der Waals surface area (Å²) in [6, 6.07) is 9.26. The molecule has 1 aromatic carbocycles. The van der Waals surface area contributed by atoms with E-state index in [4.69, 9.17) is 9.26 Å². The first-order valence-electron chi connectivity index (χ1n) is 8.83. The molecule has 0 unspecified atom stereocenters. The van der Waals surface area contributed by atoms with E-state index in [2.05, 4.69) is 20.8 Å². The summed E-state index contributed by atoms with van der Waals surface area (Å²) in [5, 5.41) is 11.4. The summed E-state index contributed by atoms with van der Waals surface area (Å²) in [5.41, 5.74) is 1.62. The van der Waals surface area contributed by atoms with Gasteiger partial charge in [0.15, 0.2) is 10.9 Å². The Bertz CT molecular complexity index is 986. The average Bonchev–Trinajstić information content (AvgIpc) is 3.31. The van der Waals surface area contributed by atoms with Crippen molar-refractivity contribution in [1.82, 2.24) is 10.1 Å². The number of aromatic nitrogens is 2. The largest absolute Gasteiger partial charge is 0.493 e. The van der Waals surface area contributed by atoms with Crippen LogP contribution in [0.15, 0.2) is 40.2 Å². The third-order valence-electron chi connectivity index (χ3n) is 3.58. The molecule has 0 saturated carbocycles. The first-order valence-corrected chi connectivity index (χ1v) is 10.9. The van der Waals surface area contributed by atoms with Crippen LogP contribution in [0, 0.1) is 6.92 Å². The van der Waals surface area contributed by atoms with Crippen molar-refractivity contribution in [3.05, 3.63) is 41.5 Å². The Morgan fingerprint density at radius 2 is 1.97 bits per heavy atom. The molecule has 0 aliphatic rings. The summed E-state index contributed by atoms with van der Waals surface area (Å²) in [6.07, 6.45) is 0. The predicted octanol–water partition coefficient (Wildman–Crippen LogP) is 3.82. The van der Waals surface area contributed by atoms with E-state index in [1.54, 1.807) is 13.0 Å². The topological polar surface area (TPSA) is 106 Å². The SMILES string of the molecule is CCOc1ccccc1-c1csc(NC(=O)CSCC(=O)Nc2cc(C)on2)n1. The Balaban J connectivity index is 1.47. The summed E-state index contributed by atoms with van der Waals surface area (Å²) < 4.78 is 10.5. The number of amides is 2. The minimum atomic E-state index is -0.250. The van der Waals surface area contributed by atoms with Crippen molar-refractivity contribution < 1.29 is 18.8 Å². The number of benzene rings is 1. The van der Waals surface area contributed by atoms with Crippen LogP contribution >= 0.6 is 23.1 Å². The lowest BCUT2D eigenvalue weighted by molar-refractivity contribution is -0.114. The van der Waals surface area contributed by atoms with Gasteiger partial charge in [-0.2, -0.15) is 0 Å². The second kappa shape index (κ2) is 10.1. The molecule has 10 heteroatoms. The highest BCUT2D eigenvalue weighted by molar-refractivity contribution is 8.00. The molecule has 2 heterocycles. The maximum Gasteiger partial charge on any atom is 0.236 e. The molecule has 3 aromatic rings. The van der Waals surface area contributed by atoms with E-state index in [1.165, 1.54) is 23.1 Å². The van der Waals surface area contributed by atoms with E-state index in [9.17, 15) is 9.59 Å². The van der Waals surface area contributed by atoms with Crippen molar-refractivity contribution in [2.45, 2.75) is 13.8 Å². The van der Waals surface area contributed by atoms with E-state index in [1.807, 2.05) is 36.6 Å². The Labute approximate surface area is 176 Å². The van der Waals surface area contributed by atoms with Gasteiger partial charge in [0.05, 0.1) is 23.8 Å². The number of anilines is 2. The quantitative estimate of drug-likeness (QED) is 0.529. The molecule has 0 bridgehead atoms. The smallest absolute Gasteiger partial charge is 0.236 e. The van der Waals surface area contributed by atoms with Crippen LogP contribution in [-0.2, 0) is 9.59 Å². The van der Waals surface area contributed by atoms with Crippen LogP contribution < -0.4 is 15.4 Å². The van der Waals surface area contributed by atoms with Gasteiger partial charge in [-0.1, -0.05) is 17.3 Å². The van der Waals surface area contributed by atoms with E-state index < -0.39 is 0 Å². The summed E-state index contributed by atoms with van der Waals surface area (Å²) >= 11 is 2.54. The zero-order chi connectivity index (χ0) is 20.6. The van der Waals surface area contributed by atoms with Crippen LogP contribution in [0.4, 0.5) is 10.9 Å². The van der Waals surface area contributed by atoms with E-state index in [0.29, 0.717) is 23.3 Å². The van der Waals surface area contributed by atoms with Gasteiger partial charge in [-0.3, -0.25) is 9.59 Å². The molecule has 29 heavy (non-hydrogen) atoms. The van der Waals surface area contributed by atoms with E-state index >= 15 is 0 Å². The molecule has 0 spiro atoms. The third kappa shape index (κ3) is 6.06. The van der Waals surface area contributed by atoms with Crippen molar-refractivity contribution in [2.75, 3.05) is 28.7 Å². The molecule has 2 N–H and O–H groups in total. The fraction of sp³-hybridized carbons (Fsp3) is 0.263. The van der Waals surface area contributed by atoms with Crippen LogP contribution in [0.3, 0.4) is 0 Å². The van der Waals surface area contributed by atoms with Crippen molar-refractivity contribution in [3.63, 3.8) is 0 Å². The average molecular weight is 433 g/mol. The number of rotatable bonds is 9. The zero-order valence-electron chi connectivity index (χ0n) is 15.9. The number of aryl methyl sites for hydroxylation is 1. The van der Waals surface area contributed by atoms with Crippen molar-refractivity contribution in [3.8, 4) is 17.0 Å². The Hall–Kier alpha value is -2.85. The van der Waals surface area contributed by atoms with Gasteiger partial charge >= 0.3 is 0 Å². The molecule has 3 rings (SSSR count). The van der Waals surface area contributed by atoms with Crippen LogP contribution in [0.1, 0.15) is 12.7 Å². The van der Waals surface area contributed by atoms with Gasteiger partial charge in [0.2, 0.25) is 11.8 Å². The monoisotopic (exact) mass is 432 g/mol. The highest BCUT2D eigenvalue weighted by Crippen LogP contribution is 2.32. The van der Waals surface area contributed by atoms with E-state index in [0.717, 1.165) is 17.0 Å². The van der Waals surface area contributed by atoms with Crippen LogP contribution in [0.5, 0.6) is 5.75 Å². The van der Waals surface area contributed by atoms with E-state index in [-0.39, 0.29) is 23.3 Å². The van der Waals surface area contributed by atoms with Gasteiger partial charge < -0.3 is 19.9 Å². The molecule has 2 amide bonds. The number of hydrogen-bond donors (Lipinski definition) is 2. The lowest BCUT2D eigenvalue weighted by Crippen LogP contribution is -2.18. The van der Waals surface area contributed by atoms with Gasteiger partial charge in [0.1, 0.15) is 11.5 Å². The van der Waals surface area contributed by atoms with Crippen LogP contribution in [-0.4, -0.2) is 40.1 Å². The first-order chi connectivity index (χ1) is 14.0. The number of nitrogens with one attached hydrogen (secondary N) is 2. The molecule has 8 nitrogen and oxygen atoms in total. The number of nitrogens with zero attached hydrogens (tertiary/aromatic N) is 2. The number of carbonyl (C=O) groups is 2. The maximum atomic E-state index is 12.1. The molecule has 0 radical (unpaired) electrons. The molecule has 0 aliphatic heterocycles. The Morgan fingerprint density at radius 1 is 1.21 bits per heavy atom. The van der Waals surface area contributed by atoms with Gasteiger partial charge in [-0.25, -0.2) is 4.98 Å². The predicted molar refractivity (Wildman–Crippen MR) is 115 cm³/mol. The Kier molecular flexibility index (Phi) is 7.25. The number of carbonyl (C=O) groups excluding carboxylic acids is 2. The summed E-state index contributed by atoms with van der Waals surface area (Å²) in [4.78, 5) is 28.4. The normalized spacial score (nSPS) is 10.6. The number of thioether (sulfide) groups is 1. The van der Waals surface area contributed by atoms with Gasteiger partial charge in [-0.05, 0) is 26.0 Å². The number of thiazole rings is 1. The standard InChI is InChI=1S/C19H20N4O4S2/c1-3-26-15-7-5-4-6-13(15)14-9-29-19(20-14)22-18(25)11-28-10-17(24)21-16-8-12(2)27-23-16/h4-9H,3,10-11H2,1-2H3,(H,20,22,25)(H,21,23,24). The van der Waals surface area contributed by atoms with Crippen LogP contribution in [0.25, 0.3) is 11.3 Å². The first kappa shape index (κ1) is 20.9. The number of ether oxygens (including phenoxy) is 1. The highest BCUT2D eigenvalue weighted by atomic mass is 32.2. The highest BCUT2D eigenvalue weighted by Gasteiger charge is 2.13. The van der Waals surface area contributed by atoms with Gasteiger partial charge in [0.25, 0.3) is 0 Å². The van der Waals surface area contributed by atoms with Crippen molar-refractivity contribution >= 4 is 45.9 Å². The van der Waals surface area contributed by atoms with Gasteiger partial charge in [0, 0.05) is 17.0 Å². The number of hydrogen-bond acceptors (Lipinski definition) is 8. The minimum absolute atomic E-state index is 0.129. The molecule has 0 atom stereocenters. The minimum Gasteiger partial charge on any atom is -0.493 e. The molecule has 0 fully saturated rings. The molecule has 0 aliphatic carbocycles. The molecule has 152 valence electrons. The molecular formula is C19H20N4O4S2. The lowest BCUT2D eigenvalue weighted by atomic mass is 10.1. The second-order valence-corrected chi connectivity index (χ2v) is 7.72. The molecule has 0 saturated heterocycles. The second-order valence-electron chi connectivity index (χ2n) is 5.88. The number of para-hydroxylation sites is 1. The summed E-state index contributed by atoms with van der Waals surface area (Å²) in [5.74, 6) is 1.51. The van der Waals surface area contributed by atoms with Crippen molar-refractivity contribution in [1.29, 1.82) is 0 Å². The maximum absolute atomic E-state index is 12.1. The van der Waals surface area contributed by atoms with Crippen LogP contribution in [0.2, 0.25) is 0 Å². The fourth-order valence-electron chi connectivity index (χ4n) is 2.41. The zero-order valence-corrected chi connectivity index (χ0v) is 17.6. The lowest BCUT2D eigenvalue weighted by Gasteiger charge is -2.07. The summed E-state index contributed by atoms with van der Waals surface area (Å²) in [7, 11) is 0. The van der Waals surface area contributed by atoms with Crippen molar-refractivity contribution in [2.24, 2.45) is 0 Å². The molecule has 2 aromatic heterocycles. The fourth-order valence-corrected chi connectivity index (χ4v) is 3.75.